The monoisotopic (exact) mass is 363 g/mol. The van der Waals surface area contributed by atoms with Crippen molar-refractivity contribution in [2.24, 2.45) is 5.16 Å². The molecule has 7 heteroatoms. The summed E-state index contributed by atoms with van der Waals surface area (Å²) in [7, 11) is 0. The molecule has 4 aromatic rings. The van der Waals surface area contributed by atoms with E-state index in [1.54, 1.807) is 16.9 Å². The Kier molecular flexibility index (Phi) is 4.50. The normalized spacial score (nSPS) is 12.0. The minimum absolute atomic E-state index is 0.290. The lowest BCUT2D eigenvalue weighted by molar-refractivity contribution is 0.159. The maximum Gasteiger partial charge on any atom is 0.153 e. The Hall–Kier alpha value is -3.35. The average Bonchev–Trinajstić information content (AvgIpc) is 3.08. The van der Waals surface area contributed by atoms with Gasteiger partial charge in [0.2, 0.25) is 0 Å². The van der Waals surface area contributed by atoms with Gasteiger partial charge in [0.1, 0.15) is 23.8 Å². The lowest BCUT2D eigenvalue weighted by Crippen LogP contribution is -2.07. The van der Waals surface area contributed by atoms with E-state index < -0.39 is 0 Å². The topological polar surface area (TPSA) is 64.7 Å². The molecule has 0 saturated heterocycles. The highest BCUT2D eigenvalue weighted by atomic mass is 19.1. The first kappa shape index (κ1) is 17.1. The molecule has 0 atom stereocenters. The van der Waals surface area contributed by atoms with Gasteiger partial charge >= 0.3 is 0 Å². The van der Waals surface area contributed by atoms with E-state index in [1.807, 2.05) is 44.2 Å². The number of rotatable bonds is 5. The number of fused-ring (bicyclic) bond motifs is 2. The fourth-order valence-electron chi connectivity index (χ4n) is 2.91. The van der Waals surface area contributed by atoms with Gasteiger partial charge in [0.25, 0.3) is 0 Å². The molecule has 136 valence electrons. The molecular formula is C20H18FN5O. The van der Waals surface area contributed by atoms with Crippen LogP contribution in [0.4, 0.5) is 4.39 Å². The zero-order chi connectivity index (χ0) is 18.8. The molecule has 3 heterocycles. The number of nitrogens with zero attached hydrogens (tertiary/aromatic N) is 5. The number of hydrogen-bond acceptors (Lipinski definition) is 5. The van der Waals surface area contributed by atoms with Gasteiger partial charge in [-0.2, -0.15) is 5.10 Å². The summed E-state index contributed by atoms with van der Waals surface area (Å²) in [5.74, 6) is -0.290. The van der Waals surface area contributed by atoms with Gasteiger partial charge in [-0.3, -0.25) is 4.98 Å². The lowest BCUT2D eigenvalue weighted by Gasteiger charge is -2.06. The standard InChI is InChI=1S/C20H18FN5O/c1-3-27-25-13(2)18-6-7-20-23-12-16(26(20)24-18)10-15-9-14-5-4-8-22-19(14)11-17(15)21/h4-9,11-12H,3,10H2,1-2H3. The van der Waals surface area contributed by atoms with Crippen molar-refractivity contribution in [2.75, 3.05) is 6.61 Å². The quantitative estimate of drug-likeness (QED) is 0.400. The molecule has 0 radical (unpaired) electrons. The Labute approximate surface area is 155 Å². The Bertz CT molecular complexity index is 1150. The maximum atomic E-state index is 14.5. The second-order valence-electron chi connectivity index (χ2n) is 6.15. The molecule has 0 saturated carbocycles. The molecule has 6 nitrogen and oxygen atoms in total. The van der Waals surface area contributed by atoms with Crippen LogP contribution < -0.4 is 0 Å². The van der Waals surface area contributed by atoms with Crippen LogP contribution >= 0.6 is 0 Å². The summed E-state index contributed by atoms with van der Waals surface area (Å²) < 4.78 is 16.2. The maximum absolute atomic E-state index is 14.5. The molecule has 0 unspecified atom stereocenters. The van der Waals surface area contributed by atoms with Crippen LogP contribution in [-0.4, -0.2) is 31.9 Å². The minimum Gasteiger partial charge on any atom is -0.396 e. The fourth-order valence-corrected chi connectivity index (χ4v) is 2.91. The van der Waals surface area contributed by atoms with E-state index in [2.05, 4.69) is 20.2 Å². The molecule has 0 bridgehead atoms. The summed E-state index contributed by atoms with van der Waals surface area (Å²) in [6.45, 7) is 4.19. The molecule has 3 aromatic heterocycles. The predicted octanol–water partition coefficient (Wildman–Crippen LogP) is 3.77. The van der Waals surface area contributed by atoms with Crippen molar-refractivity contribution in [3.63, 3.8) is 0 Å². The summed E-state index contributed by atoms with van der Waals surface area (Å²) in [4.78, 5) is 13.6. The number of halogens is 1. The van der Waals surface area contributed by atoms with Crippen LogP contribution in [0.2, 0.25) is 0 Å². The molecule has 0 spiro atoms. The van der Waals surface area contributed by atoms with Crippen molar-refractivity contribution in [1.29, 1.82) is 0 Å². The van der Waals surface area contributed by atoms with E-state index in [1.165, 1.54) is 6.07 Å². The predicted molar refractivity (Wildman–Crippen MR) is 101 cm³/mol. The van der Waals surface area contributed by atoms with Gasteiger partial charge in [0.15, 0.2) is 5.65 Å². The van der Waals surface area contributed by atoms with Gasteiger partial charge in [-0.15, -0.1) is 0 Å². The van der Waals surface area contributed by atoms with Gasteiger partial charge in [0, 0.05) is 24.1 Å². The van der Waals surface area contributed by atoms with Crippen LogP contribution in [0.3, 0.4) is 0 Å². The second kappa shape index (κ2) is 7.11. The van der Waals surface area contributed by atoms with Crippen LogP contribution in [0.1, 0.15) is 30.8 Å². The molecule has 1 aromatic carbocycles. The summed E-state index contributed by atoms with van der Waals surface area (Å²) in [6.07, 6.45) is 3.74. The highest BCUT2D eigenvalue weighted by Crippen LogP contribution is 2.20. The third-order valence-electron chi connectivity index (χ3n) is 4.28. The summed E-state index contributed by atoms with van der Waals surface area (Å²) in [5, 5.41) is 9.50. The number of benzene rings is 1. The van der Waals surface area contributed by atoms with Crippen molar-refractivity contribution in [2.45, 2.75) is 20.3 Å². The van der Waals surface area contributed by atoms with Crippen molar-refractivity contribution >= 4 is 22.3 Å². The Morgan fingerprint density at radius 3 is 2.96 bits per heavy atom. The summed E-state index contributed by atoms with van der Waals surface area (Å²) >= 11 is 0. The molecule has 0 N–H and O–H groups in total. The fraction of sp³-hybridized carbons (Fsp3) is 0.200. The van der Waals surface area contributed by atoms with E-state index >= 15 is 0 Å². The molecule has 0 aliphatic rings. The number of imidazole rings is 1. The van der Waals surface area contributed by atoms with Crippen LogP contribution in [0.5, 0.6) is 0 Å². The van der Waals surface area contributed by atoms with E-state index in [-0.39, 0.29) is 5.82 Å². The number of pyridine rings is 1. The zero-order valence-electron chi connectivity index (χ0n) is 15.1. The highest BCUT2D eigenvalue weighted by Gasteiger charge is 2.12. The smallest absolute Gasteiger partial charge is 0.153 e. The Morgan fingerprint density at radius 2 is 2.11 bits per heavy atom. The van der Waals surface area contributed by atoms with Gasteiger partial charge in [-0.05, 0) is 43.7 Å². The third-order valence-corrected chi connectivity index (χ3v) is 4.28. The van der Waals surface area contributed by atoms with Gasteiger partial charge in [-0.25, -0.2) is 13.9 Å². The van der Waals surface area contributed by atoms with Crippen molar-refractivity contribution in [3.05, 3.63) is 71.6 Å². The molecule has 0 fully saturated rings. The SMILES string of the molecule is CCON=C(C)c1ccc2ncc(Cc3cc4cccnc4cc3F)n2n1. The van der Waals surface area contributed by atoms with Crippen molar-refractivity contribution in [3.8, 4) is 0 Å². The second-order valence-corrected chi connectivity index (χ2v) is 6.15. The van der Waals surface area contributed by atoms with E-state index in [0.29, 0.717) is 41.2 Å². The Morgan fingerprint density at radius 1 is 1.22 bits per heavy atom. The minimum atomic E-state index is -0.290. The molecular weight excluding hydrogens is 345 g/mol. The van der Waals surface area contributed by atoms with Gasteiger partial charge in [0.05, 0.1) is 17.4 Å². The number of aromatic nitrogens is 4. The average molecular weight is 363 g/mol. The first-order valence-electron chi connectivity index (χ1n) is 8.69. The van der Waals surface area contributed by atoms with Crippen molar-refractivity contribution < 1.29 is 9.23 Å². The lowest BCUT2D eigenvalue weighted by atomic mass is 10.1. The number of oxime groups is 1. The van der Waals surface area contributed by atoms with E-state index in [0.717, 1.165) is 11.1 Å². The van der Waals surface area contributed by atoms with E-state index in [9.17, 15) is 4.39 Å². The first-order chi connectivity index (χ1) is 13.2. The van der Waals surface area contributed by atoms with Crippen LogP contribution in [-0.2, 0) is 11.3 Å². The van der Waals surface area contributed by atoms with E-state index in [4.69, 9.17) is 4.84 Å². The van der Waals surface area contributed by atoms with Crippen LogP contribution in [0.25, 0.3) is 16.6 Å². The van der Waals surface area contributed by atoms with Crippen LogP contribution in [0, 0.1) is 5.82 Å². The highest BCUT2D eigenvalue weighted by molar-refractivity contribution is 5.96. The molecule has 0 aliphatic heterocycles. The van der Waals surface area contributed by atoms with Crippen molar-refractivity contribution in [1.82, 2.24) is 19.6 Å². The first-order valence-corrected chi connectivity index (χ1v) is 8.69. The Balaban J connectivity index is 1.73. The zero-order valence-corrected chi connectivity index (χ0v) is 15.1. The molecule has 27 heavy (non-hydrogen) atoms. The summed E-state index contributed by atoms with van der Waals surface area (Å²) in [6, 6.07) is 10.7. The largest absolute Gasteiger partial charge is 0.396 e. The molecule has 4 rings (SSSR count). The van der Waals surface area contributed by atoms with Crippen LogP contribution in [0.15, 0.2) is 53.9 Å². The van der Waals surface area contributed by atoms with Gasteiger partial charge in [-0.1, -0.05) is 11.2 Å². The molecule has 0 amide bonds. The molecule has 0 aliphatic carbocycles. The third kappa shape index (κ3) is 3.36. The summed E-state index contributed by atoms with van der Waals surface area (Å²) in [5.41, 5.74) is 4.04. The number of hydrogen-bond donors (Lipinski definition) is 0. The van der Waals surface area contributed by atoms with Gasteiger partial charge < -0.3 is 4.84 Å².